The molecule has 18 heavy (non-hydrogen) atoms. The average molecular weight is 314 g/mol. The summed E-state index contributed by atoms with van der Waals surface area (Å²) in [5, 5.41) is 8.19. The van der Waals surface area contributed by atoms with Crippen LogP contribution in [0.3, 0.4) is 0 Å². The van der Waals surface area contributed by atoms with Gasteiger partial charge in [0, 0.05) is 6.04 Å². The summed E-state index contributed by atoms with van der Waals surface area (Å²) in [6.07, 6.45) is 7.16. The zero-order valence-electron chi connectivity index (χ0n) is 11.6. The summed E-state index contributed by atoms with van der Waals surface area (Å²) >= 11 is 3.66. The standard InChI is InChI=1S/C14H24BrN3/c1-4-7-16-13(8-11-5-6-11)14-12(15)9-17-18(14)10(2)3/h9-11,13,16H,4-8H2,1-3H3. The minimum absolute atomic E-state index is 0.413. The van der Waals surface area contributed by atoms with Gasteiger partial charge in [-0.1, -0.05) is 19.8 Å². The van der Waals surface area contributed by atoms with Crippen LogP contribution in [0.25, 0.3) is 0 Å². The van der Waals surface area contributed by atoms with Crippen LogP contribution >= 0.6 is 15.9 Å². The Bertz CT molecular complexity index is 382. The van der Waals surface area contributed by atoms with E-state index in [1.165, 1.54) is 31.4 Å². The van der Waals surface area contributed by atoms with Crippen molar-refractivity contribution in [3.8, 4) is 0 Å². The highest BCUT2D eigenvalue weighted by Gasteiger charge is 2.29. The minimum atomic E-state index is 0.413. The van der Waals surface area contributed by atoms with Crippen LogP contribution in [0.4, 0.5) is 0 Å². The number of hydrogen-bond donors (Lipinski definition) is 1. The number of nitrogens with one attached hydrogen (secondary N) is 1. The molecule has 1 unspecified atom stereocenters. The molecule has 1 saturated carbocycles. The van der Waals surface area contributed by atoms with Crippen molar-refractivity contribution in [2.24, 2.45) is 5.92 Å². The Morgan fingerprint density at radius 2 is 2.22 bits per heavy atom. The van der Waals surface area contributed by atoms with E-state index in [4.69, 9.17) is 0 Å². The van der Waals surface area contributed by atoms with Crippen molar-refractivity contribution in [3.63, 3.8) is 0 Å². The number of rotatable bonds is 7. The second-order valence-corrected chi connectivity index (χ2v) is 6.46. The Kier molecular flexibility index (Phi) is 4.84. The van der Waals surface area contributed by atoms with Gasteiger partial charge in [-0.15, -0.1) is 0 Å². The van der Waals surface area contributed by atoms with Crippen LogP contribution in [0, 0.1) is 5.92 Å². The monoisotopic (exact) mass is 313 g/mol. The van der Waals surface area contributed by atoms with Gasteiger partial charge in [0.05, 0.1) is 22.4 Å². The molecule has 4 heteroatoms. The smallest absolute Gasteiger partial charge is 0.0698 e. The zero-order valence-corrected chi connectivity index (χ0v) is 13.2. The van der Waals surface area contributed by atoms with E-state index in [-0.39, 0.29) is 0 Å². The molecule has 1 aromatic rings. The van der Waals surface area contributed by atoms with E-state index >= 15 is 0 Å². The van der Waals surface area contributed by atoms with Gasteiger partial charge in [0.1, 0.15) is 0 Å². The molecule has 1 fully saturated rings. The fraction of sp³-hybridized carbons (Fsp3) is 0.786. The Morgan fingerprint density at radius 1 is 1.50 bits per heavy atom. The lowest BCUT2D eigenvalue weighted by Crippen LogP contribution is -2.26. The quantitative estimate of drug-likeness (QED) is 0.822. The van der Waals surface area contributed by atoms with Crippen molar-refractivity contribution in [3.05, 3.63) is 16.4 Å². The van der Waals surface area contributed by atoms with E-state index in [1.54, 1.807) is 0 Å². The molecule has 1 heterocycles. The summed E-state index contributed by atoms with van der Waals surface area (Å²) < 4.78 is 3.30. The van der Waals surface area contributed by atoms with Crippen molar-refractivity contribution >= 4 is 15.9 Å². The molecule has 1 aliphatic rings. The SMILES string of the molecule is CCCNC(CC1CC1)c1c(Br)cnn1C(C)C. The van der Waals surface area contributed by atoms with Gasteiger partial charge >= 0.3 is 0 Å². The zero-order chi connectivity index (χ0) is 13.1. The maximum Gasteiger partial charge on any atom is 0.0698 e. The molecule has 0 bridgehead atoms. The van der Waals surface area contributed by atoms with Crippen molar-refractivity contribution in [1.82, 2.24) is 15.1 Å². The van der Waals surface area contributed by atoms with Crippen molar-refractivity contribution in [1.29, 1.82) is 0 Å². The molecule has 0 saturated heterocycles. The van der Waals surface area contributed by atoms with E-state index in [2.05, 4.69) is 51.8 Å². The molecular formula is C14H24BrN3. The molecule has 0 aromatic carbocycles. The van der Waals surface area contributed by atoms with Gasteiger partial charge in [0.15, 0.2) is 0 Å². The van der Waals surface area contributed by atoms with Gasteiger partial charge in [-0.2, -0.15) is 5.10 Å². The fourth-order valence-corrected chi connectivity index (χ4v) is 2.93. The summed E-state index contributed by atoms with van der Waals surface area (Å²) in [6, 6.07) is 0.855. The Hall–Kier alpha value is -0.350. The first-order valence-corrected chi connectivity index (χ1v) is 7.89. The van der Waals surface area contributed by atoms with Gasteiger partial charge in [0.2, 0.25) is 0 Å². The van der Waals surface area contributed by atoms with Crippen LogP contribution in [-0.4, -0.2) is 16.3 Å². The van der Waals surface area contributed by atoms with Gasteiger partial charge in [-0.05, 0) is 55.1 Å². The summed E-state index contributed by atoms with van der Waals surface area (Å²) in [5.41, 5.74) is 1.32. The molecule has 102 valence electrons. The van der Waals surface area contributed by atoms with Crippen LogP contribution in [0.1, 0.15) is 64.2 Å². The van der Waals surface area contributed by atoms with Crippen LogP contribution in [-0.2, 0) is 0 Å². The first-order chi connectivity index (χ1) is 8.63. The van der Waals surface area contributed by atoms with Gasteiger partial charge in [-0.25, -0.2) is 0 Å². The van der Waals surface area contributed by atoms with Crippen molar-refractivity contribution in [2.75, 3.05) is 6.54 Å². The third-order valence-electron chi connectivity index (χ3n) is 3.51. The second-order valence-electron chi connectivity index (χ2n) is 5.60. The molecule has 0 radical (unpaired) electrons. The topological polar surface area (TPSA) is 29.9 Å². The third kappa shape index (κ3) is 3.35. The maximum atomic E-state index is 4.50. The average Bonchev–Trinajstić information content (AvgIpc) is 3.06. The Balaban J connectivity index is 2.18. The maximum absolute atomic E-state index is 4.50. The van der Waals surface area contributed by atoms with Gasteiger partial charge in [0.25, 0.3) is 0 Å². The van der Waals surface area contributed by atoms with Crippen LogP contribution < -0.4 is 5.32 Å². The number of hydrogen-bond acceptors (Lipinski definition) is 2. The summed E-state index contributed by atoms with van der Waals surface area (Å²) in [6.45, 7) is 7.68. The number of halogens is 1. The molecule has 2 rings (SSSR count). The van der Waals surface area contributed by atoms with E-state index in [9.17, 15) is 0 Å². The summed E-state index contributed by atoms with van der Waals surface area (Å²) in [4.78, 5) is 0. The molecule has 1 atom stereocenters. The minimum Gasteiger partial charge on any atom is -0.309 e. The Morgan fingerprint density at radius 3 is 2.78 bits per heavy atom. The van der Waals surface area contributed by atoms with Gasteiger partial charge in [-0.3, -0.25) is 4.68 Å². The highest BCUT2D eigenvalue weighted by Crippen LogP contribution is 2.39. The lowest BCUT2D eigenvalue weighted by atomic mass is 10.1. The highest BCUT2D eigenvalue weighted by atomic mass is 79.9. The van der Waals surface area contributed by atoms with Crippen LogP contribution in [0.15, 0.2) is 10.7 Å². The lowest BCUT2D eigenvalue weighted by molar-refractivity contribution is 0.413. The molecule has 0 aliphatic heterocycles. The Labute approximate surface area is 118 Å². The number of nitrogens with zero attached hydrogens (tertiary/aromatic N) is 2. The molecule has 0 spiro atoms. The normalized spacial score (nSPS) is 17.4. The largest absolute Gasteiger partial charge is 0.309 e. The lowest BCUT2D eigenvalue weighted by Gasteiger charge is -2.22. The van der Waals surface area contributed by atoms with Gasteiger partial charge < -0.3 is 5.32 Å². The van der Waals surface area contributed by atoms with E-state index in [0.29, 0.717) is 12.1 Å². The predicted octanol–water partition coefficient (Wildman–Crippen LogP) is 4.07. The summed E-state index contributed by atoms with van der Waals surface area (Å²) in [7, 11) is 0. The molecule has 1 aliphatic carbocycles. The van der Waals surface area contributed by atoms with Crippen LogP contribution in [0.2, 0.25) is 0 Å². The third-order valence-corrected chi connectivity index (χ3v) is 4.12. The van der Waals surface area contributed by atoms with Crippen molar-refractivity contribution < 1.29 is 0 Å². The molecule has 0 amide bonds. The van der Waals surface area contributed by atoms with E-state index in [0.717, 1.165) is 16.9 Å². The molecular weight excluding hydrogens is 290 g/mol. The number of aromatic nitrogens is 2. The first-order valence-electron chi connectivity index (χ1n) is 7.09. The molecule has 1 N–H and O–H groups in total. The van der Waals surface area contributed by atoms with Crippen LogP contribution in [0.5, 0.6) is 0 Å². The highest BCUT2D eigenvalue weighted by molar-refractivity contribution is 9.10. The fourth-order valence-electron chi connectivity index (χ4n) is 2.39. The van der Waals surface area contributed by atoms with Crippen molar-refractivity contribution in [2.45, 2.75) is 58.5 Å². The predicted molar refractivity (Wildman–Crippen MR) is 78.7 cm³/mol. The first kappa shape index (κ1) is 14.1. The molecule has 3 nitrogen and oxygen atoms in total. The summed E-state index contributed by atoms with van der Waals surface area (Å²) in [5.74, 6) is 0.918. The van der Waals surface area contributed by atoms with E-state index < -0.39 is 0 Å². The molecule has 1 aromatic heterocycles. The van der Waals surface area contributed by atoms with E-state index in [1.807, 2.05) is 6.20 Å². The second kappa shape index (κ2) is 6.20.